The van der Waals surface area contributed by atoms with E-state index < -0.39 is 36.2 Å². The summed E-state index contributed by atoms with van der Waals surface area (Å²) in [5.41, 5.74) is 7.95. The number of nitrogens with one attached hydrogen (secondary N) is 3. The Morgan fingerprint density at radius 2 is 1.71 bits per heavy atom. The van der Waals surface area contributed by atoms with Crippen LogP contribution in [0.5, 0.6) is 5.75 Å². The van der Waals surface area contributed by atoms with Crippen LogP contribution in [0.1, 0.15) is 137 Å². The van der Waals surface area contributed by atoms with Crippen LogP contribution in [0, 0.1) is 11.8 Å². The van der Waals surface area contributed by atoms with Crippen molar-refractivity contribution in [2.75, 3.05) is 66.3 Å². The van der Waals surface area contributed by atoms with Gasteiger partial charge in [0.15, 0.2) is 0 Å². The van der Waals surface area contributed by atoms with E-state index in [1.165, 1.54) is 11.3 Å². The number of thiazole rings is 1. The van der Waals surface area contributed by atoms with Crippen LogP contribution in [0.2, 0.25) is 0 Å². The van der Waals surface area contributed by atoms with Crippen LogP contribution in [0.25, 0.3) is 0 Å². The number of carbonyl (C=O) groups is 5. The fraction of sp³-hybridized carbons (Fsp3) is 0.630. The molecule has 18 heteroatoms. The van der Waals surface area contributed by atoms with Gasteiger partial charge in [-0.25, -0.2) is 9.78 Å². The summed E-state index contributed by atoms with van der Waals surface area (Å²) < 4.78 is 28.7. The number of esters is 1. The number of nitrogens with two attached hydrogens (primary N) is 1. The van der Waals surface area contributed by atoms with Gasteiger partial charge in [0.05, 0.1) is 38.4 Å². The second-order valence-corrected chi connectivity index (χ2v) is 20.2. The molecule has 17 nitrogen and oxygen atoms in total. The number of hydrogen-bond donors (Lipinski definition) is 4. The lowest BCUT2D eigenvalue weighted by Crippen LogP contribution is -2.58. The Kier molecular flexibility index (Phi) is 24.4. The molecule has 2 heterocycles. The number of rotatable bonds is 29. The number of likely N-dealkylation sites (N-methyl/N-ethyl adjacent to an activating group) is 1. The molecule has 0 bridgehead atoms. The molecule has 0 spiro atoms. The first-order valence-corrected chi connectivity index (χ1v) is 27.0. The summed E-state index contributed by atoms with van der Waals surface area (Å²) in [6, 6.07) is 12.9. The number of piperidine rings is 1. The van der Waals surface area contributed by atoms with Crippen molar-refractivity contribution in [1.29, 1.82) is 0 Å². The third kappa shape index (κ3) is 17.3. The number of likely N-dealkylation sites (tertiary alicyclic amines) is 1. The minimum Gasteiger partial charge on any atom is -0.460 e. The van der Waals surface area contributed by atoms with Crippen molar-refractivity contribution < 1.29 is 47.7 Å². The summed E-state index contributed by atoms with van der Waals surface area (Å²) in [4.78, 5) is 78.3. The molecular weight excluding hydrogens is 939 g/mol. The fourth-order valence-corrected chi connectivity index (χ4v) is 10.2. The van der Waals surface area contributed by atoms with Crippen molar-refractivity contribution >= 4 is 41.1 Å². The van der Waals surface area contributed by atoms with Gasteiger partial charge in [0, 0.05) is 50.1 Å². The number of aromatic nitrogens is 1. The number of nitrogens with zero attached hydrogens (tertiary/aromatic N) is 3. The number of carbonyl (C=O) groups excluding carboxylic acids is 5. The molecule has 0 saturated carbocycles. The van der Waals surface area contributed by atoms with Crippen LogP contribution < -0.4 is 26.4 Å². The average Bonchev–Trinajstić information content (AvgIpc) is 3.88. The topological polar surface area (TPSA) is 213 Å². The molecule has 2 aliphatic rings. The maximum absolute atomic E-state index is 14.8. The second-order valence-electron chi connectivity index (χ2n) is 19.3. The number of hydrogen-bond acceptors (Lipinski definition) is 14. The SMILES string of the molecule is CCCO[C@H](CC(C(C)C)N(CCC)C(=O)[C@@H](NC(=O)[C@H]1CCCCN1C)[C@@H](C)CC)c1nc(C(=O)N[C@H]2Cc3ccc(OC(=O)NCCOCCOCCN)cc3[C@H](C(=O)OCc3ccccc3)C2)cs1. The van der Waals surface area contributed by atoms with Crippen LogP contribution in [0.3, 0.4) is 0 Å². The predicted molar refractivity (Wildman–Crippen MR) is 278 cm³/mol. The van der Waals surface area contributed by atoms with Gasteiger partial charge in [0.1, 0.15) is 35.2 Å². The minimum atomic E-state index is -0.773. The van der Waals surface area contributed by atoms with E-state index in [1.54, 1.807) is 23.6 Å². The summed E-state index contributed by atoms with van der Waals surface area (Å²) >= 11 is 1.34. The zero-order chi connectivity index (χ0) is 52.0. The highest BCUT2D eigenvalue weighted by Gasteiger charge is 2.39. The van der Waals surface area contributed by atoms with E-state index in [2.05, 4.69) is 41.6 Å². The summed E-state index contributed by atoms with van der Waals surface area (Å²) in [5, 5.41) is 11.4. The first-order chi connectivity index (χ1) is 34.8. The van der Waals surface area contributed by atoms with E-state index in [0.29, 0.717) is 62.9 Å². The van der Waals surface area contributed by atoms with Crippen LogP contribution in [0.4, 0.5) is 4.79 Å². The second kappa shape index (κ2) is 30.3. The maximum Gasteiger partial charge on any atom is 0.412 e. The lowest BCUT2D eigenvalue weighted by Gasteiger charge is -2.40. The van der Waals surface area contributed by atoms with Gasteiger partial charge in [-0.15, -0.1) is 11.3 Å². The summed E-state index contributed by atoms with van der Waals surface area (Å²) in [7, 11) is 1.98. The highest BCUT2D eigenvalue weighted by atomic mass is 32.1. The predicted octanol–water partition coefficient (Wildman–Crippen LogP) is 6.93. The lowest BCUT2D eigenvalue weighted by atomic mass is 9.80. The van der Waals surface area contributed by atoms with E-state index in [9.17, 15) is 24.0 Å². The van der Waals surface area contributed by atoms with Gasteiger partial charge in [-0.1, -0.05) is 90.8 Å². The Morgan fingerprint density at radius 1 is 0.944 bits per heavy atom. The van der Waals surface area contributed by atoms with Gasteiger partial charge >= 0.3 is 12.1 Å². The van der Waals surface area contributed by atoms with Crippen LogP contribution in [-0.2, 0) is 46.4 Å². The molecule has 4 amide bonds. The largest absolute Gasteiger partial charge is 0.460 e. The molecule has 1 unspecified atom stereocenters. The Balaban J connectivity index is 1.30. The van der Waals surface area contributed by atoms with Crippen molar-refractivity contribution in [3.8, 4) is 5.75 Å². The van der Waals surface area contributed by atoms with E-state index in [1.807, 2.05) is 63.1 Å². The smallest absolute Gasteiger partial charge is 0.412 e. The fourth-order valence-electron chi connectivity index (χ4n) is 9.32. The van der Waals surface area contributed by atoms with E-state index in [4.69, 9.17) is 34.4 Å². The van der Waals surface area contributed by atoms with E-state index in [0.717, 1.165) is 56.2 Å². The molecular formula is C54H81N7O10S. The first-order valence-electron chi connectivity index (χ1n) is 26.1. The third-order valence-corrected chi connectivity index (χ3v) is 14.4. The third-order valence-electron chi connectivity index (χ3n) is 13.5. The molecule has 398 valence electrons. The normalized spacial score (nSPS) is 18.5. The van der Waals surface area contributed by atoms with Crippen LogP contribution >= 0.6 is 11.3 Å². The number of amides is 4. The van der Waals surface area contributed by atoms with Crippen molar-refractivity contribution in [2.24, 2.45) is 17.6 Å². The summed E-state index contributed by atoms with van der Waals surface area (Å²) in [6.07, 6.45) is 4.95. The molecule has 1 aliphatic carbocycles. The number of benzene rings is 2. The molecule has 72 heavy (non-hydrogen) atoms. The van der Waals surface area contributed by atoms with Crippen molar-refractivity contribution in [2.45, 2.75) is 142 Å². The molecule has 1 aliphatic heterocycles. The average molecular weight is 1020 g/mol. The van der Waals surface area contributed by atoms with Crippen molar-refractivity contribution in [1.82, 2.24) is 30.7 Å². The Labute approximate surface area is 431 Å². The van der Waals surface area contributed by atoms with Gasteiger partial charge in [-0.2, -0.15) is 0 Å². The molecule has 7 atom stereocenters. The van der Waals surface area contributed by atoms with Crippen molar-refractivity contribution in [3.05, 3.63) is 81.3 Å². The number of fused-ring (bicyclic) bond motifs is 1. The molecule has 2 aromatic carbocycles. The maximum atomic E-state index is 14.8. The van der Waals surface area contributed by atoms with Crippen molar-refractivity contribution in [3.63, 3.8) is 0 Å². The summed E-state index contributed by atoms with van der Waals surface area (Å²) in [5.74, 6) is -1.60. The molecule has 5 N–H and O–H groups in total. The molecule has 1 saturated heterocycles. The standard InChI is InChI=1S/C54H81N7O10S/c1-8-23-61(52(64)48(37(6)10-3)59-50(63)45-18-14-15-24-60(45)7)46(36(4)5)33-47(69-25-9-2)51-58-44(35-72-51)49(62)57-40-30-39-19-20-41(71-54(66)56-22-27-68-29-28-67-26-21-55)32-42(39)43(31-40)53(65)70-34-38-16-12-11-13-17-38/h11-13,16-17,19-20,32,35-37,40,43,45-48H,8-10,14-15,18,21-31,33-34,55H2,1-7H3,(H,56,66)(H,57,62)(H,59,63)/t37-,40-,43+,45+,46?,47+,48-/m0/s1. The minimum absolute atomic E-state index is 0.0399. The van der Waals surface area contributed by atoms with Gasteiger partial charge in [-0.05, 0) is 92.8 Å². The zero-order valence-electron chi connectivity index (χ0n) is 43.7. The molecule has 0 radical (unpaired) electrons. The molecule has 1 aromatic heterocycles. The Bertz CT molecular complexity index is 2160. The number of ether oxygens (including phenoxy) is 5. The zero-order valence-corrected chi connectivity index (χ0v) is 44.5. The lowest BCUT2D eigenvalue weighted by molar-refractivity contribution is -0.147. The summed E-state index contributed by atoms with van der Waals surface area (Å²) in [6.45, 7) is 16.4. The van der Waals surface area contributed by atoms with Gasteiger partial charge < -0.3 is 50.3 Å². The van der Waals surface area contributed by atoms with Gasteiger partial charge in [0.2, 0.25) is 11.8 Å². The Hall–Kier alpha value is -4.98. The first kappa shape index (κ1) is 57.9. The molecule has 5 rings (SSSR count). The highest BCUT2D eigenvalue weighted by molar-refractivity contribution is 7.09. The van der Waals surface area contributed by atoms with E-state index in [-0.39, 0.29) is 79.3 Å². The molecule has 3 aromatic rings. The van der Waals surface area contributed by atoms with Gasteiger partial charge in [-0.3, -0.25) is 24.1 Å². The van der Waals surface area contributed by atoms with Crippen LogP contribution in [-0.4, -0.2) is 135 Å². The quantitative estimate of drug-likeness (QED) is 0.0411. The van der Waals surface area contributed by atoms with Gasteiger partial charge in [0.25, 0.3) is 5.91 Å². The van der Waals surface area contributed by atoms with E-state index >= 15 is 0 Å². The molecule has 1 fully saturated rings. The highest BCUT2D eigenvalue weighted by Crippen LogP contribution is 2.37. The Morgan fingerprint density at radius 3 is 2.40 bits per heavy atom. The van der Waals surface area contributed by atoms with Crippen LogP contribution in [0.15, 0.2) is 53.9 Å². The monoisotopic (exact) mass is 1020 g/mol.